The summed E-state index contributed by atoms with van der Waals surface area (Å²) in [5.41, 5.74) is 1.70. The fourth-order valence-electron chi connectivity index (χ4n) is 5.20. The molecule has 2 amide bonds. The molecule has 0 aliphatic heterocycles. The summed E-state index contributed by atoms with van der Waals surface area (Å²) in [7, 11) is 1.26. The van der Waals surface area contributed by atoms with Crippen molar-refractivity contribution in [2.24, 2.45) is 0 Å². The van der Waals surface area contributed by atoms with Gasteiger partial charge in [-0.25, -0.2) is 13.9 Å². The molecule has 0 unspecified atom stereocenters. The number of ether oxygens (including phenoxy) is 1. The van der Waals surface area contributed by atoms with E-state index in [1.807, 2.05) is 12.1 Å². The Bertz CT molecular complexity index is 1530. The molecule has 0 spiro atoms. The molecule has 0 bridgehead atoms. The average Bonchev–Trinajstić information content (AvgIpc) is 3.39. The molecular formula is C30H30FN5O4. The standard InChI is InChI=1S/C30H30FN5O4/c1-40-30(39)20-10-9-13-22(18-20)36(27(37)19-35-26-17-8-7-16-25(26)33-34-35)28(23-14-5-6-15-24(23)31)29(38)32-21-11-3-2-4-12-21/h5-10,13-18,21,28H,2-4,11-12,19H2,1H3,(H,32,38)/t28-/m0/s1. The first-order valence-electron chi connectivity index (χ1n) is 13.3. The second kappa shape index (κ2) is 12.1. The summed E-state index contributed by atoms with van der Waals surface area (Å²) in [5, 5.41) is 11.3. The average molecular weight is 544 g/mol. The number of methoxy groups -OCH3 is 1. The molecule has 1 aliphatic rings. The van der Waals surface area contributed by atoms with E-state index in [1.165, 1.54) is 41.0 Å². The number of hydrogen-bond donors (Lipinski definition) is 1. The normalized spacial score (nSPS) is 14.4. The topological polar surface area (TPSA) is 106 Å². The zero-order valence-corrected chi connectivity index (χ0v) is 22.1. The number of fused-ring (bicyclic) bond motifs is 1. The van der Waals surface area contributed by atoms with Gasteiger partial charge in [-0.1, -0.05) is 60.9 Å². The zero-order valence-electron chi connectivity index (χ0n) is 22.1. The molecule has 5 rings (SSSR count). The highest BCUT2D eigenvalue weighted by molar-refractivity contribution is 6.02. The molecule has 40 heavy (non-hydrogen) atoms. The fourth-order valence-corrected chi connectivity index (χ4v) is 5.20. The molecule has 1 aromatic heterocycles. The van der Waals surface area contributed by atoms with Gasteiger partial charge >= 0.3 is 5.97 Å². The van der Waals surface area contributed by atoms with E-state index in [1.54, 1.807) is 36.4 Å². The smallest absolute Gasteiger partial charge is 0.337 e. The Labute approximate surface area is 230 Å². The van der Waals surface area contributed by atoms with Crippen molar-refractivity contribution in [1.29, 1.82) is 0 Å². The highest BCUT2D eigenvalue weighted by Gasteiger charge is 2.36. The summed E-state index contributed by atoms with van der Waals surface area (Å²) in [6.07, 6.45) is 4.69. The van der Waals surface area contributed by atoms with Crippen molar-refractivity contribution in [2.45, 2.75) is 50.7 Å². The lowest BCUT2D eigenvalue weighted by Crippen LogP contribution is -2.48. The lowest BCUT2D eigenvalue weighted by atomic mass is 9.94. The number of amides is 2. The number of benzene rings is 3. The number of halogens is 1. The van der Waals surface area contributed by atoms with Crippen molar-refractivity contribution >= 4 is 34.5 Å². The molecule has 206 valence electrons. The summed E-state index contributed by atoms with van der Waals surface area (Å²) >= 11 is 0. The number of esters is 1. The van der Waals surface area contributed by atoms with Crippen molar-refractivity contribution in [1.82, 2.24) is 20.3 Å². The number of rotatable bonds is 8. The molecule has 3 aromatic carbocycles. The van der Waals surface area contributed by atoms with Gasteiger partial charge in [0, 0.05) is 17.3 Å². The van der Waals surface area contributed by atoms with Gasteiger partial charge in [0.1, 0.15) is 23.9 Å². The third-order valence-electron chi connectivity index (χ3n) is 7.18. The van der Waals surface area contributed by atoms with Gasteiger partial charge in [0.05, 0.1) is 18.2 Å². The summed E-state index contributed by atoms with van der Waals surface area (Å²) in [6.45, 7) is -0.273. The molecule has 1 saturated carbocycles. The number of aromatic nitrogens is 3. The maximum atomic E-state index is 15.3. The lowest BCUT2D eigenvalue weighted by molar-refractivity contribution is -0.127. The minimum Gasteiger partial charge on any atom is -0.465 e. The molecule has 10 heteroatoms. The van der Waals surface area contributed by atoms with Crippen LogP contribution in [0.15, 0.2) is 72.8 Å². The Morgan fingerprint density at radius 2 is 1.77 bits per heavy atom. The first-order chi connectivity index (χ1) is 19.5. The van der Waals surface area contributed by atoms with Crippen LogP contribution < -0.4 is 10.2 Å². The van der Waals surface area contributed by atoms with Gasteiger partial charge in [-0.3, -0.25) is 14.5 Å². The number of carbonyl (C=O) groups is 3. The first kappa shape index (κ1) is 27.0. The van der Waals surface area contributed by atoms with Gasteiger partial charge in [0.15, 0.2) is 0 Å². The molecule has 4 aromatic rings. The summed E-state index contributed by atoms with van der Waals surface area (Å²) < 4.78 is 21.7. The van der Waals surface area contributed by atoms with Crippen LogP contribution >= 0.6 is 0 Å². The van der Waals surface area contributed by atoms with Crippen LogP contribution in [0.1, 0.15) is 54.1 Å². The van der Waals surface area contributed by atoms with E-state index in [0.29, 0.717) is 11.0 Å². The van der Waals surface area contributed by atoms with Crippen molar-refractivity contribution in [2.75, 3.05) is 12.0 Å². The van der Waals surface area contributed by atoms with Gasteiger partial charge in [-0.2, -0.15) is 0 Å². The van der Waals surface area contributed by atoms with Crippen molar-refractivity contribution < 1.29 is 23.5 Å². The van der Waals surface area contributed by atoms with Gasteiger partial charge in [-0.15, -0.1) is 5.10 Å². The van der Waals surface area contributed by atoms with Crippen molar-refractivity contribution in [3.05, 3.63) is 89.7 Å². The van der Waals surface area contributed by atoms with E-state index in [2.05, 4.69) is 15.6 Å². The zero-order chi connectivity index (χ0) is 28.1. The molecule has 1 aliphatic carbocycles. The van der Waals surface area contributed by atoms with Gasteiger partial charge in [-0.05, 0) is 49.2 Å². The Morgan fingerprint density at radius 3 is 2.55 bits per heavy atom. The summed E-state index contributed by atoms with van der Waals surface area (Å²) in [5.74, 6) is -2.27. The number of anilines is 1. The Morgan fingerprint density at radius 1 is 1.02 bits per heavy atom. The van der Waals surface area contributed by atoms with Crippen LogP contribution in [0.5, 0.6) is 0 Å². The first-order valence-corrected chi connectivity index (χ1v) is 13.3. The molecule has 1 atom stereocenters. The minimum absolute atomic E-state index is 0.0380. The third kappa shape index (κ3) is 5.70. The van der Waals surface area contributed by atoms with Crippen LogP contribution in [0.4, 0.5) is 10.1 Å². The fraction of sp³-hybridized carbons (Fsp3) is 0.300. The minimum atomic E-state index is -1.35. The van der Waals surface area contributed by atoms with E-state index in [4.69, 9.17) is 4.74 Å². The monoisotopic (exact) mass is 543 g/mol. The van der Waals surface area contributed by atoms with Gasteiger partial charge in [0.25, 0.3) is 0 Å². The maximum Gasteiger partial charge on any atom is 0.337 e. The van der Waals surface area contributed by atoms with E-state index < -0.39 is 29.6 Å². The lowest BCUT2D eigenvalue weighted by Gasteiger charge is -2.33. The van der Waals surface area contributed by atoms with E-state index in [9.17, 15) is 14.4 Å². The molecule has 1 heterocycles. The highest BCUT2D eigenvalue weighted by Crippen LogP contribution is 2.32. The quantitative estimate of drug-likeness (QED) is 0.326. The van der Waals surface area contributed by atoms with Gasteiger partial charge < -0.3 is 10.1 Å². The van der Waals surface area contributed by atoms with E-state index >= 15 is 4.39 Å². The molecule has 1 N–H and O–H groups in total. The Kier molecular flexibility index (Phi) is 8.14. The van der Waals surface area contributed by atoms with E-state index in [-0.39, 0.29) is 29.4 Å². The molecular weight excluding hydrogens is 513 g/mol. The second-order valence-corrected chi connectivity index (χ2v) is 9.81. The highest BCUT2D eigenvalue weighted by atomic mass is 19.1. The van der Waals surface area contributed by atoms with Crippen LogP contribution in [0, 0.1) is 5.82 Å². The van der Waals surface area contributed by atoms with Crippen LogP contribution in [0.3, 0.4) is 0 Å². The summed E-state index contributed by atoms with van der Waals surface area (Å²) in [4.78, 5) is 41.7. The Balaban J connectivity index is 1.61. The summed E-state index contributed by atoms with van der Waals surface area (Å²) in [6, 6.07) is 17.9. The Hall–Kier alpha value is -4.60. The van der Waals surface area contributed by atoms with Gasteiger partial charge in [0.2, 0.25) is 11.8 Å². The number of hydrogen-bond acceptors (Lipinski definition) is 6. The molecule has 1 fully saturated rings. The van der Waals surface area contributed by atoms with E-state index in [0.717, 1.165) is 32.1 Å². The predicted octanol–water partition coefficient (Wildman–Crippen LogP) is 4.58. The van der Waals surface area contributed by atoms with Crippen molar-refractivity contribution in [3.8, 4) is 0 Å². The van der Waals surface area contributed by atoms with Crippen LogP contribution in [0.2, 0.25) is 0 Å². The molecule has 0 radical (unpaired) electrons. The molecule has 0 saturated heterocycles. The van der Waals surface area contributed by atoms with Crippen LogP contribution in [0.25, 0.3) is 11.0 Å². The maximum absolute atomic E-state index is 15.3. The number of para-hydroxylation sites is 1. The second-order valence-electron chi connectivity index (χ2n) is 9.81. The van der Waals surface area contributed by atoms with Crippen LogP contribution in [-0.4, -0.2) is 45.9 Å². The van der Waals surface area contributed by atoms with Crippen molar-refractivity contribution in [3.63, 3.8) is 0 Å². The third-order valence-corrected chi connectivity index (χ3v) is 7.18. The predicted molar refractivity (Wildman–Crippen MR) is 147 cm³/mol. The molecule has 9 nitrogen and oxygen atoms in total. The SMILES string of the molecule is COC(=O)c1cccc(N(C(=O)Cn2nnc3ccccc32)[C@H](C(=O)NC2CCCCC2)c2ccccc2F)c1. The number of carbonyl (C=O) groups excluding carboxylic acids is 3. The number of nitrogens with one attached hydrogen (secondary N) is 1. The van der Waals surface area contributed by atoms with Crippen LogP contribution in [-0.2, 0) is 20.9 Å². The largest absolute Gasteiger partial charge is 0.465 e. The number of nitrogens with zero attached hydrogens (tertiary/aromatic N) is 4.